The minimum absolute atomic E-state index is 0.0252. The van der Waals surface area contributed by atoms with Crippen molar-refractivity contribution in [3.05, 3.63) is 0 Å². The molecule has 522 valence electrons. The Kier molecular flexibility index (Phi) is 32.1. The van der Waals surface area contributed by atoms with Crippen molar-refractivity contribution in [2.24, 2.45) is 59.2 Å². The lowest BCUT2D eigenvalue weighted by Gasteiger charge is -2.42. The maximum atomic E-state index is 15.4. The van der Waals surface area contributed by atoms with Crippen LogP contribution in [0.15, 0.2) is 0 Å². The van der Waals surface area contributed by atoms with E-state index in [0.29, 0.717) is 13.0 Å². The Morgan fingerprint density at radius 3 is 1.34 bits per heavy atom. The second kappa shape index (κ2) is 35.8. The molecule has 0 radical (unpaired) electrons. The number of carbonyl (C=O) groups is 11. The fourth-order valence-corrected chi connectivity index (χ4v) is 14.0. The molecule has 2 N–H and O–H groups in total. The minimum atomic E-state index is -3.20. The molecule has 2 aliphatic heterocycles. The lowest BCUT2D eigenvalue weighted by Crippen LogP contribution is -2.62. The number of sulfone groups is 1. The summed E-state index contributed by atoms with van der Waals surface area (Å²) in [5, 5.41) is 15.2. The van der Waals surface area contributed by atoms with E-state index >= 15 is 14.4 Å². The third-order valence-corrected chi connectivity index (χ3v) is 20.6. The molecule has 23 nitrogen and oxygen atoms in total. The zero-order valence-electron chi connectivity index (χ0n) is 59.9. The van der Waals surface area contributed by atoms with Crippen LogP contribution in [0.3, 0.4) is 0 Å². The molecule has 2 aliphatic rings. The third kappa shape index (κ3) is 22.1. The van der Waals surface area contributed by atoms with Crippen LogP contribution in [-0.2, 0) is 62.6 Å². The molecule has 1 unspecified atom stereocenters. The van der Waals surface area contributed by atoms with Crippen LogP contribution >= 0.6 is 0 Å². The van der Waals surface area contributed by atoms with Gasteiger partial charge in [-0.15, -0.1) is 0 Å². The Balaban J connectivity index is 2.99. The first-order valence-electron chi connectivity index (χ1n) is 33.2. The predicted molar refractivity (Wildman–Crippen MR) is 352 cm³/mol. The quantitative estimate of drug-likeness (QED) is 0.225. The van der Waals surface area contributed by atoms with Crippen LogP contribution in [0, 0.1) is 59.2 Å². The molecule has 0 aromatic rings. The number of hydrogen-bond acceptors (Lipinski definition) is 15. The SMILES string of the molecule is CC[C@H]1CC(=O)[C@@H]([C@H](O)[C@H](C)CCN2CCS(=O)(=O)CC2)N(C)C(=O)[C@@H](C(C)C)N(C)C(=O)[C@@H](CC(C)C)N(C)C(=O)C(C(C)C)N(C)C(=O)[C@H](C)NC(=O)[C@@H](C)CC(=O)[C@@H](CC(C)C)N(C)C(=O)[C@@H](C(C)C)CC(=O)[C@H](CC(C)C)N(C)C(=O)[C@@H](C)N(C)C1=O. The summed E-state index contributed by atoms with van der Waals surface area (Å²) in [7, 11) is 6.92. The van der Waals surface area contributed by atoms with Gasteiger partial charge < -0.3 is 49.6 Å². The average Bonchev–Trinajstić information content (AvgIpc) is 0.958. The molecular formula is C67H119N9O14S. The molecule has 8 amide bonds. The second-order valence-electron chi connectivity index (χ2n) is 28.9. The number of hydrogen-bond donors (Lipinski definition) is 2. The maximum Gasteiger partial charge on any atom is 0.246 e. The van der Waals surface area contributed by atoms with Gasteiger partial charge >= 0.3 is 0 Å². The summed E-state index contributed by atoms with van der Waals surface area (Å²) in [4.78, 5) is 173. The number of carbonyl (C=O) groups excluding carboxylic acids is 11. The number of rotatable bonds is 15. The molecule has 0 aliphatic carbocycles. The molecule has 91 heavy (non-hydrogen) atoms. The number of ketones is 3. The van der Waals surface area contributed by atoms with Gasteiger partial charge in [-0.1, -0.05) is 104 Å². The van der Waals surface area contributed by atoms with Gasteiger partial charge in [0.25, 0.3) is 0 Å². The fraction of sp³-hybridized carbons (Fsp3) is 0.836. The van der Waals surface area contributed by atoms with Gasteiger partial charge in [-0.3, -0.25) is 52.7 Å². The van der Waals surface area contributed by atoms with Gasteiger partial charge in [-0.2, -0.15) is 0 Å². The third-order valence-electron chi connectivity index (χ3n) is 19.0. The Labute approximate surface area is 546 Å². The van der Waals surface area contributed by atoms with Crippen LogP contribution in [0.25, 0.3) is 0 Å². The van der Waals surface area contributed by atoms with Gasteiger partial charge in [-0.05, 0) is 93.9 Å². The standard InChI is InChI=1S/C67H119N9O14S/c1-25-48-36-55(79)58(59(80)44(14)26-27-76-28-30-91(89,90)31-29-76)75(24)67(88)57(43(12)13)74(23)65(86)52(34-40(6)7)72(21)66(87)56(42(10)11)73(22)61(82)46(16)68-60(81)45(15)35-53(77)50(32-38(2)3)71(20)64(85)49(41(8)9)37-54(78)51(33-39(4)5)70(19)62(83)47(17)69(18)63(48)84/h38-52,56-59,80H,25-37H2,1-24H3,(H,68,81)/t44-,45+,46+,47-,48+,49-,50-,51+,52-,56?,57-,58+,59-/m1/s1. The molecule has 0 saturated carbocycles. The van der Waals surface area contributed by atoms with Crippen LogP contribution in [0.5, 0.6) is 0 Å². The normalized spacial score (nSPS) is 28.7. The Morgan fingerprint density at radius 2 is 0.890 bits per heavy atom. The number of nitrogens with zero attached hydrogens (tertiary/aromatic N) is 8. The first kappa shape index (κ1) is 81.7. The van der Waals surface area contributed by atoms with Gasteiger partial charge in [-0.25, -0.2) is 8.42 Å². The summed E-state index contributed by atoms with van der Waals surface area (Å²) in [6, 6.07) is -9.60. The molecule has 2 heterocycles. The van der Waals surface area contributed by atoms with Gasteiger partial charge in [0.1, 0.15) is 36.3 Å². The van der Waals surface area contributed by atoms with Crippen molar-refractivity contribution >= 4 is 74.4 Å². The highest BCUT2D eigenvalue weighted by Crippen LogP contribution is 2.30. The molecule has 0 aromatic heterocycles. The highest BCUT2D eigenvalue weighted by molar-refractivity contribution is 7.91. The lowest BCUT2D eigenvalue weighted by atomic mass is 9.84. The minimum Gasteiger partial charge on any atom is -0.390 e. The number of nitrogens with one attached hydrogen (secondary N) is 1. The fourth-order valence-electron chi connectivity index (χ4n) is 12.8. The topological polar surface area (TPSA) is 280 Å². The van der Waals surface area contributed by atoms with E-state index in [4.69, 9.17) is 0 Å². The summed E-state index contributed by atoms with van der Waals surface area (Å²) in [6.07, 6.45) is -1.63. The molecule has 24 heteroatoms. The largest absolute Gasteiger partial charge is 0.390 e. The predicted octanol–water partition coefficient (Wildman–Crippen LogP) is 4.69. The summed E-state index contributed by atoms with van der Waals surface area (Å²) in [5.74, 6) is -11.9. The van der Waals surface area contributed by atoms with Crippen LogP contribution < -0.4 is 5.32 Å². The number of amides is 8. The first-order valence-corrected chi connectivity index (χ1v) is 35.1. The molecule has 13 atom stereocenters. The van der Waals surface area contributed by atoms with Crippen molar-refractivity contribution in [2.75, 3.05) is 80.5 Å². The van der Waals surface area contributed by atoms with E-state index in [9.17, 15) is 51.9 Å². The number of Topliss-reactive ketones (excluding diaryl/α,β-unsaturated/α-hetero) is 3. The van der Waals surface area contributed by atoms with Crippen molar-refractivity contribution < 1.29 is 66.3 Å². The van der Waals surface area contributed by atoms with Crippen molar-refractivity contribution in [1.82, 2.24) is 44.5 Å². The molecule has 0 bridgehead atoms. The highest BCUT2D eigenvalue weighted by Gasteiger charge is 2.46. The summed E-state index contributed by atoms with van der Waals surface area (Å²) in [5.41, 5.74) is 0. The Morgan fingerprint density at radius 1 is 0.473 bits per heavy atom. The van der Waals surface area contributed by atoms with Gasteiger partial charge in [0, 0.05) is 99.4 Å². The van der Waals surface area contributed by atoms with Crippen LogP contribution in [0.4, 0.5) is 0 Å². The molecule has 2 fully saturated rings. The van der Waals surface area contributed by atoms with Gasteiger partial charge in [0.05, 0.1) is 29.7 Å². The number of aliphatic hydroxyl groups excluding tert-OH is 1. The Hall–Kier alpha value is -5.36. The van der Waals surface area contributed by atoms with Crippen LogP contribution in [0.1, 0.15) is 169 Å². The van der Waals surface area contributed by atoms with Gasteiger partial charge in [0.2, 0.25) is 47.3 Å². The van der Waals surface area contributed by atoms with E-state index in [1.165, 1.54) is 92.6 Å². The molecule has 0 spiro atoms. The number of aliphatic hydroxyl groups is 1. The van der Waals surface area contributed by atoms with E-state index < -0.39 is 177 Å². The number of likely N-dealkylation sites (N-methyl/N-ethyl adjacent to an activating group) is 7. The van der Waals surface area contributed by atoms with Crippen LogP contribution in [0.2, 0.25) is 0 Å². The van der Waals surface area contributed by atoms with E-state index in [0.717, 1.165) is 4.90 Å². The molecule has 0 aromatic carbocycles. The maximum absolute atomic E-state index is 15.4. The lowest BCUT2D eigenvalue weighted by molar-refractivity contribution is -0.157. The van der Waals surface area contributed by atoms with E-state index in [-0.39, 0.29) is 80.9 Å². The monoisotopic (exact) mass is 1310 g/mol. The van der Waals surface area contributed by atoms with Crippen molar-refractivity contribution in [2.45, 2.75) is 224 Å². The summed E-state index contributed by atoms with van der Waals surface area (Å²) < 4.78 is 24.6. The molecular weight excluding hydrogens is 1190 g/mol. The van der Waals surface area contributed by atoms with E-state index in [1.807, 2.05) is 46.4 Å². The van der Waals surface area contributed by atoms with Crippen molar-refractivity contribution in [3.63, 3.8) is 0 Å². The van der Waals surface area contributed by atoms with Gasteiger partial charge in [0.15, 0.2) is 27.2 Å². The second-order valence-corrected chi connectivity index (χ2v) is 31.2. The van der Waals surface area contributed by atoms with E-state index in [1.54, 1.807) is 62.3 Å². The average molecular weight is 1310 g/mol. The van der Waals surface area contributed by atoms with Crippen molar-refractivity contribution in [3.8, 4) is 0 Å². The Bertz CT molecular complexity index is 2630. The van der Waals surface area contributed by atoms with E-state index in [2.05, 4.69) is 5.32 Å². The zero-order chi connectivity index (χ0) is 70.3. The summed E-state index contributed by atoms with van der Waals surface area (Å²) in [6.45, 7) is 30.7. The van der Waals surface area contributed by atoms with Crippen LogP contribution in [-0.4, -0.2) is 252 Å². The zero-order valence-corrected chi connectivity index (χ0v) is 60.7. The first-order chi connectivity index (χ1) is 41.9. The highest BCUT2D eigenvalue weighted by atomic mass is 32.2. The van der Waals surface area contributed by atoms with Crippen molar-refractivity contribution in [1.29, 1.82) is 0 Å². The smallest absolute Gasteiger partial charge is 0.246 e. The summed E-state index contributed by atoms with van der Waals surface area (Å²) >= 11 is 0. The molecule has 2 rings (SSSR count). The molecule has 2 saturated heterocycles.